The SMILES string of the molecule is O=C(OCc1cccc([N+](=O)[O-])c1)c1ccc(NC(=O)c2ccco2)cc1. The van der Waals surface area contributed by atoms with Crippen molar-refractivity contribution >= 4 is 23.3 Å². The molecule has 1 heterocycles. The first-order valence-corrected chi connectivity index (χ1v) is 7.88. The Hall–Kier alpha value is -3.94. The maximum Gasteiger partial charge on any atom is 0.338 e. The molecule has 1 aromatic heterocycles. The Morgan fingerprint density at radius 1 is 1.07 bits per heavy atom. The number of esters is 1. The molecule has 8 nitrogen and oxygen atoms in total. The average Bonchev–Trinajstić information content (AvgIpc) is 3.22. The number of hydrogen-bond acceptors (Lipinski definition) is 6. The highest BCUT2D eigenvalue weighted by molar-refractivity contribution is 6.02. The smallest absolute Gasteiger partial charge is 0.338 e. The molecular weight excluding hydrogens is 352 g/mol. The molecule has 3 aromatic rings. The van der Waals surface area contributed by atoms with Crippen LogP contribution < -0.4 is 5.32 Å². The third-order valence-electron chi connectivity index (χ3n) is 3.61. The minimum atomic E-state index is -0.578. The molecule has 8 heteroatoms. The summed E-state index contributed by atoms with van der Waals surface area (Å²) < 4.78 is 10.2. The normalized spacial score (nSPS) is 10.2. The van der Waals surface area contributed by atoms with Crippen LogP contribution in [0.4, 0.5) is 11.4 Å². The van der Waals surface area contributed by atoms with Crippen LogP contribution in [0.25, 0.3) is 0 Å². The third kappa shape index (κ3) is 4.57. The van der Waals surface area contributed by atoms with Gasteiger partial charge in [-0.15, -0.1) is 0 Å². The summed E-state index contributed by atoms with van der Waals surface area (Å²) in [6.45, 7) is -0.0858. The molecule has 1 amide bonds. The summed E-state index contributed by atoms with van der Waals surface area (Å²) in [6, 6.07) is 15.1. The van der Waals surface area contributed by atoms with E-state index in [0.29, 0.717) is 11.3 Å². The zero-order chi connectivity index (χ0) is 19.2. The molecule has 0 saturated carbocycles. The van der Waals surface area contributed by atoms with Crippen molar-refractivity contribution in [2.75, 3.05) is 5.32 Å². The molecule has 0 atom stereocenters. The second-order valence-corrected chi connectivity index (χ2v) is 5.51. The molecule has 0 unspecified atom stereocenters. The van der Waals surface area contributed by atoms with E-state index in [0.717, 1.165) is 0 Å². The van der Waals surface area contributed by atoms with E-state index < -0.39 is 16.8 Å². The van der Waals surface area contributed by atoms with Crippen molar-refractivity contribution in [3.63, 3.8) is 0 Å². The maximum atomic E-state index is 12.1. The maximum absolute atomic E-state index is 12.1. The number of anilines is 1. The lowest BCUT2D eigenvalue weighted by atomic mass is 10.2. The molecule has 2 aromatic carbocycles. The number of ether oxygens (including phenoxy) is 1. The van der Waals surface area contributed by atoms with Gasteiger partial charge < -0.3 is 14.5 Å². The van der Waals surface area contributed by atoms with Gasteiger partial charge in [0.1, 0.15) is 6.61 Å². The summed E-state index contributed by atoms with van der Waals surface area (Å²) in [5.41, 5.74) is 1.23. The lowest BCUT2D eigenvalue weighted by molar-refractivity contribution is -0.384. The van der Waals surface area contributed by atoms with Gasteiger partial charge in [-0.05, 0) is 42.0 Å². The summed E-state index contributed by atoms with van der Waals surface area (Å²) in [5, 5.41) is 13.4. The van der Waals surface area contributed by atoms with Crippen molar-refractivity contribution in [3.05, 3.63) is 93.9 Å². The number of carbonyl (C=O) groups excluding carboxylic acids is 2. The largest absolute Gasteiger partial charge is 0.459 e. The van der Waals surface area contributed by atoms with Crippen LogP contribution in [0.1, 0.15) is 26.5 Å². The molecule has 27 heavy (non-hydrogen) atoms. The van der Waals surface area contributed by atoms with Crippen molar-refractivity contribution in [1.29, 1.82) is 0 Å². The van der Waals surface area contributed by atoms with Crippen LogP contribution in [-0.2, 0) is 11.3 Å². The number of benzene rings is 2. The Morgan fingerprint density at radius 3 is 2.52 bits per heavy atom. The lowest BCUT2D eigenvalue weighted by Gasteiger charge is -2.07. The summed E-state index contributed by atoms with van der Waals surface area (Å²) in [5.74, 6) is -0.804. The summed E-state index contributed by atoms with van der Waals surface area (Å²) in [7, 11) is 0. The Balaban J connectivity index is 1.58. The number of nitro groups is 1. The van der Waals surface area contributed by atoms with Crippen LogP contribution in [0.15, 0.2) is 71.3 Å². The molecule has 3 rings (SSSR count). The van der Waals surface area contributed by atoms with Crippen LogP contribution in [-0.4, -0.2) is 16.8 Å². The molecule has 0 aliphatic rings. The fraction of sp³-hybridized carbons (Fsp3) is 0.0526. The first-order valence-electron chi connectivity index (χ1n) is 7.88. The number of carbonyl (C=O) groups is 2. The van der Waals surface area contributed by atoms with Crippen molar-refractivity contribution in [3.8, 4) is 0 Å². The van der Waals surface area contributed by atoms with Gasteiger partial charge in [-0.3, -0.25) is 14.9 Å². The third-order valence-corrected chi connectivity index (χ3v) is 3.61. The van der Waals surface area contributed by atoms with Crippen LogP contribution in [0.2, 0.25) is 0 Å². The van der Waals surface area contributed by atoms with Gasteiger partial charge in [0.2, 0.25) is 0 Å². The van der Waals surface area contributed by atoms with Gasteiger partial charge in [-0.2, -0.15) is 0 Å². The van der Waals surface area contributed by atoms with Crippen LogP contribution in [0.5, 0.6) is 0 Å². The monoisotopic (exact) mass is 366 g/mol. The van der Waals surface area contributed by atoms with Gasteiger partial charge in [0.05, 0.1) is 16.7 Å². The minimum Gasteiger partial charge on any atom is -0.459 e. The van der Waals surface area contributed by atoms with Gasteiger partial charge in [-0.1, -0.05) is 12.1 Å². The van der Waals surface area contributed by atoms with Gasteiger partial charge in [0.15, 0.2) is 5.76 Å². The molecule has 0 radical (unpaired) electrons. The fourth-order valence-corrected chi connectivity index (χ4v) is 2.28. The summed E-state index contributed by atoms with van der Waals surface area (Å²) in [4.78, 5) is 34.2. The predicted octanol–water partition coefficient (Wildman–Crippen LogP) is 3.80. The second-order valence-electron chi connectivity index (χ2n) is 5.51. The molecule has 0 fully saturated rings. The van der Waals surface area contributed by atoms with E-state index >= 15 is 0 Å². The van der Waals surface area contributed by atoms with E-state index in [2.05, 4.69) is 5.32 Å². The van der Waals surface area contributed by atoms with Gasteiger partial charge >= 0.3 is 5.97 Å². The van der Waals surface area contributed by atoms with E-state index in [4.69, 9.17) is 9.15 Å². The van der Waals surface area contributed by atoms with E-state index in [-0.39, 0.29) is 23.6 Å². The first-order chi connectivity index (χ1) is 13.0. The second kappa shape index (κ2) is 7.96. The molecule has 0 bridgehead atoms. The molecular formula is C19H14N2O6. The molecule has 0 saturated heterocycles. The summed E-state index contributed by atoms with van der Waals surface area (Å²) in [6.07, 6.45) is 1.40. The van der Waals surface area contributed by atoms with Crippen LogP contribution >= 0.6 is 0 Å². The molecule has 136 valence electrons. The number of hydrogen-bond donors (Lipinski definition) is 1. The Labute approximate surface area is 153 Å². The zero-order valence-corrected chi connectivity index (χ0v) is 14.0. The fourth-order valence-electron chi connectivity index (χ4n) is 2.28. The lowest BCUT2D eigenvalue weighted by Crippen LogP contribution is -2.11. The molecule has 0 aliphatic carbocycles. The van der Waals surface area contributed by atoms with Gasteiger partial charge in [0.25, 0.3) is 11.6 Å². The quantitative estimate of drug-likeness (QED) is 0.403. The van der Waals surface area contributed by atoms with Crippen LogP contribution in [0, 0.1) is 10.1 Å². The Bertz CT molecular complexity index is 964. The van der Waals surface area contributed by atoms with E-state index in [9.17, 15) is 19.7 Å². The predicted molar refractivity (Wildman–Crippen MR) is 95.3 cm³/mol. The van der Waals surface area contributed by atoms with E-state index in [1.165, 1.54) is 42.7 Å². The molecule has 0 spiro atoms. The number of nitro benzene ring substituents is 1. The van der Waals surface area contributed by atoms with Crippen molar-refractivity contribution in [2.24, 2.45) is 0 Å². The van der Waals surface area contributed by atoms with E-state index in [1.807, 2.05) is 0 Å². The Morgan fingerprint density at radius 2 is 1.85 bits per heavy atom. The minimum absolute atomic E-state index is 0.0693. The highest BCUT2D eigenvalue weighted by Crippen LogP contribution is 2.16. The van der Waals surface area contributed by atoms with E-state index in [1.54, 1.807) is 24.3 Å². The standard InChI is InChI=1S/C19H14N2O6/c22-18(17-5-2-10-26-17)20-15-8-6-14(7-9-15)19(23)27-12-13-3-1-4-16(11-13)21(24)25/h1-11H,12H2,(H,20,22). The number of non-ortho nitro benzene ring substituents is 1. The number of rotatable bonds is 6. The number of nitrogens with zero attached hydrogens (tertiary/aromatic N) is 1. The van der Waals surface area contributed by atoms with Crippen molar-refractivity contribution < 1.29 is 23.7 Å². The first kappa shape index (κ1) is 17.9. The highest BCUT2D eigenvalue weighted by atomic mass is 16.6. The summed E-state index contributed by atoms with van der Waals surface area (Å²) >= 11 is 0. The average molecular weight is 366 g/mol. The molecule has 1 N–H and O–H groups in total. The zero-order valence-electron chi connectivity index (χ0n) is 14.0. The van der Waals surface area contributed by atoms with Crippen molar-refractivity contribution in [1.82, 2.24) is 0 Å². The Kier molecular flexibility index (Phi) is 5.27. The number of nitrogens with one attached hydrogen (secondary N) is 1. The highest BCUT2D eigenvalue weighted by Gasteiger charge is 2.12. The molecule has 0 aliphatic heterocycles. The van der Waals surface area contributed by atoms with Gasteiger partial charge in [0, 0.05) is 17.8 Å². The van der Waals surface area contributed by atoms with Crippen molar-refractivity contribution in [2.45, 2.75) is 6.61 Å². The van der Waals surface area contributed by atoms with Crippen LogP contribution in [0.3, 0.4) is 0 Å². The topological polar surface area (TPSA) is 112 Å². The number of furan rings is 1. The number of amides is 1. The van der Waals surface area contributed by atoms with Gasteiger partial charge in [-0.25, -0.2) is 4.79 Å².